The Hall–Kier alpha value is -1.24. The Morgan fingerprint density at radius 2 is 2.13 bits per heavy atom. The largest absolute Gasteiger partial charge is 0.353 e. The van der Waals surface area contributed by atoms with E-state index in [4.69, 9.17) is 28.5 Å². The van der Waals surface area contributed by atoms with Gasteiger partial charge < -0.3 is 4.90 Å². The van der Waals surface area contributed by atoms with Crippen molar-refractivity contribution in [3.8, 4) is 6.07 Å². The van der Waals surface area contributed by atoms with E-state index in [1.807, 2.05) is 6.07 Å². The number of aliphatic imine (C=N–C) groups is 1. The molecule has 1 aromatic carbocycles. The zero-order chi connectivity index (χ0) is 11.4. The van der Waals surface area contributed by atoms with E-state index < -0.39 is 0 Å². The molecule has 0 bridgehead atoms. The molecule has 15 heavy (non-hydrogen) atoms. The average Bonchev–Trinajstić information content (AvgIpc) is 2.20. The summed E-state index contributed by atoms with van der Waals surface area (Å²) in [6.07, 6.45) is 0. The van der Waals surface area contributed by atoms with Gasteiger partial charge in [0.25, 0.3) is 0 Å². The molecule has 0 radical (unpaired) electrons. The standard InChI is InChI=1S/C10H9Cl2N3/c1-15(2)10(12)14-9-4-3-8(11)5-7(9)6-13/h3-5H,1-2H3. The van der Waals surface area contributed by atoms with Crippen LogP contribution in [0.25, 0.3) is 0 Å². The van der Waals surface area contributed by atoms with Gasteiger partial charge in [0.2, 0.25) is 0 Å². The molecular weight excluding hydrogens is 233 g/mol. The minimum Gasteiger partial charge on any atom is -0.353 e. The molecule has 0 aliphatic carbocycles. The Kier molecular flexibility index (Phi) is 3.96. The number of rotatable bonds is 1. The lowest BCUT2D eigenvalue weighted by molar-refractivity contribution is 0.635. The fourth-order valence-corrected chi connectivity index (χ4v) is 1.16. The van der Waals surface area contributed by atoms with Gasteiger partial charge >= 0.3 is 0 Å². The maximum atomic E-state index is 8.86. The van der Waals surface area contributed by atoms with Gasteiger partial charge in [0.05, 0.1) is 11.3 Å². The van der Waals surface area contributed by atoms with Gasteiger partial charge in [0, 0.05) is 19.1 Å². The van der Waals surface area contributed by atoms with E-state index in [9.17, 15) is 0 Å². The monoisotopic (exact) mass is 241 g/mol. The van der Waals surface area contributed by atoms with Crippen LogP contribution in [0.4, 0.5) is 5.69 Å². The van der Waals surface area contributed by atoms with Crippen molar-refractivity contribution in [1.29, 1.82) is 5.26 Å². The van der Waals surface area contributed by atoms with Crippen LogP contribution >= 0.6 is 23.2 Å². The second-order valence-electron chi connectivity index (χ2n) is 3.05. The van der Waals surface area contributed by atoms with Crippen molar-refractivity contribution in [1.82, 2.24) is 4.90 Å². The quantitative estimate of drug-likeness (QED) is 0.431. The number of hydrogen-bond donors (Lipinski definition) is 0. The average molecular weight is 242 g/mol. The Morgan fingerprint density at radius 1 is 1.47 bits per heavy atom. The maximum absolute atomic E-state index is 8.86. The van der Waals surface area contributed by atoms with Crippen molar-refractivity contribution in [2.45, 2.75) is 0 Å². The third kappa shape index (κ3) is 3.12. The first-order valence-electron chi connectivity index (χ1n) is 4.15. The molecule has 0 amide bonds. The summed E-state index contributed by atoms with van der Waals surface area (Å²) in [7, 11) is 3.54. The molecule has 0 saturated heterocycles. The van der Waals surface area contributed by atoms with E-state index in [0.29, 0.717) is 21.6 Å². The highest BCUT2D eigenvalue weighted by molar-refractivity contribution is 6.64. The summed E-state index contributed by atoms with van der Waals surface area (Å²) < 4.78 is 0. The molecule has 0 aliphatic heterocycles. The number of amidine groups is 1. The van der Waals surface area contributed by atoms with Crippen molar-refractivity contribution in [2.75, 3.05) is 14.1 Å². The van der Waals surface area contributed by atoms with E-state index in [1.165, 1.54) is 0 Å². The van der Waals surface area contributed by atoms with Crippen molar-refractivity contribution < 1.29 is 0 Å². The second-order valence-corrected chi connectivity index (χ2v) is 3.82. The highest BCUT2D eigenvalue weighted by Gasteiger charge is 2.03. The van der Waals surface area contributed by atoms with Gasteiger partial charge in [-0.05, 0) is 29.8 Å². The number of nitrogens with zero attached hydrogens (tertiary/aromatic N) is 3. The van der Waals surface area contributed by atoms with Crippen LogP contribution in [0, 0.1) is 11.3 Å². The lowest BCUT2D eigenvalue weighted by atomic mass is 10.2. The molecule has 3 nitrogen and oxygen atoms in total. The summed E-state index contributed by atoms with van der Waals surface area (Å²) >= 11 is 11.6. The van der Waals surface area contributed by atoms with Crippen molar-refractivity contribution in [3.63, 3.8) is 0 Å². The normalized spacial score (nSPS) is 11.0. The first-order chi connectivity index (χ1) is 7.04. The molecule has 0 unspecified atom stereocenters. The second kappa shape index (κ2) is 5.01. The fourth-order valence-electron chi connectivity index (χ4n) is 0.895. The molecule has 0 saturated carbocycles. The lowest BCUT2D eigenvalue weighted by Gasteiger charge is -2.08. The summed E-state index contributed by atoms with van der Waals surface area (Å²) in [5, 5.41) is 9.68. The van der Waals surface area contributed by atoms with E-state index in [1.54, 1.807) is 37.2 Å². The van der Waals surface area contributed by atoms with Crippen molar-refractivity contribution in [3.05, 3.63) is 28.8 Å². The Balaban J connectivity index is 3.17. The van der Waals surface area contributed by atoms with Crippen LogP contribution in [0.1, 0.15) is 5.56 Å². The summed E-state index contributed by atoms with van der Waals surface area (Å²) in [4.78, 5) is 5.75. The molecule has 0 spiro atoms. The summed E-state index contributed by atoms with van der Waals surface area (Å²) in [5.74, 6) is 0. The number of nitriles is 1. The molecule has 0 fully saturated rings. The van der Waals surface area contributed by atoms with Crippen LogP contribution in [-0.4, -0.2) is 24.3 Å². The number of benzene rings is 1. The molecular formula is C10H9Cl2N3. The van der Waals surface area contributed by atoms with Crippen molar-refractivity contribution >= 4 is 34.2 Å². The minimum atomic E-state index is 0.314. The smallest absolute Gasteiger partial charge is 0.198 e. The molecule has 78 valence electrons. The zero-order valence-electron chi connectivity index (χ0n) is 8.33. The molecule has 0 atom stereocenters. The highest BCUT2D eigenvalue weighted by Crippen LogP contribution is 2.23. The summed E-state index contributed by atoms with van der Waals surface area (Å²) in [6, 6.07) is 6.89. The van der Waals surface area contributed by atoms with Crippen LogP contribution in [-0.2, 0) is 0 Å². The first kappa shape index (κ1) is 11.8. The van der Waals surface area contributed by atoms with E-state index in [2.05, 4.69) is 4.99 Å². The number of halogens is 2. The predicted molar refractivity (Wildman–Crippen MR) is 62.8 cm³/mol. The first-order valence-corrected chi connectivity index (χ1v) is 4.91. The Bertz CT molecular complexity index is 433. The summed E-state index contributed by atoms with van der Waals surface area (Å²) in [6.45, 7) is 0. The third-order valence-electron chi connectivity index (χ3n) is 1.66. The molecule has 0 aromatic heterocycles. The minimum absolute atomic E-state index is 0.314. The van der Waals surface area contributed by atoms with Crippen molar-refractivity contribution in [2.24, 2.45) is 4.99 Å². The zero-order valence-corrected chi connectivity index (χ0v) is 9.84. The van der Waals surface area contributed by atoms with E-state index >= 15 is 0 Å². The molecule has 5 heteroatoms. The van der Waals surface area contributed by atoms with E-state index in [0.717, 1.165) is 0 Å². The van der Waals surface area contributed by atoms with Crippen LogP contribution < -0.4 is 0 Å². The molecule has 0 N–H and O–H groups in total. The molecule has 0 aliphatic rings. The number of hydrogen-bond acceptors (Lipinski definition) is 2. The molecule has 0 heterocycles. The Morgan fingerprint density at radius 3 is 2.67 bits per heavy atom. The van der Waals surface area contributed by atoms with E-state index in [-0.39, 0.29) is 0 Å². The topological polar surface area (TPSA) is 39.4 Å². The van der Waals surface area contributed by atoms with Gasteiger partial charge in [-0.25, -0.2) is 4.99 Å². The highest BCUT2D eigenvalue weighted by atomic mass is 35.5. The maximum Gasteiger partial charge on any atom is 0.198 e. The van der Waals surface area contributed by atoms with Gasteiger partial charge in [-0.1, -0.05) is 11.6 Å². The molecule has 1 aromatic rings. The Labute approximate surface area is 98.5 Å². The van der Waals surface area contributed by atoms with Crippen LogP contribution in [0.5, 0.6) is 0 Å². The predicted octanol–water partition coefficient (Wildman–Crippen LogP) is 3.00. The third-order valence-corrected chi connectivity index (χ3v) is 2.32. The van der Waals surface area contributed by atoms with Gasteiger partial charge in [0.1, 0.15) is 6.07 Å². The SMILES string of the molecule is CN(C)C(Cl)=Nc1ccc(Cl)cc1C#N. The van der Waals surface area contributed by atoms with Gasteiger partial charge in [-0.15, -0.1) is 0 Å². The van der Waals surface area contributed by atoms with Crippen LogP contribution in [0.2, 0.25) is 5.02 Å². The van der Waals surface area contributed by atoms with Gasteiger partial charge in [0.15, 0.2) is 5.29 Å². The molecule has 1 rings (SSSR count). The van der Waals surface area contributed by atoms with Gasteiger partial charge in [-0.3, -0.25) is 0 Å². The van der Waals surface area contributed by atoms with Gasteiger partial charge in [-0.2, -0.15) is 5.26 Å². The van der Waals surface area contributed by atoms with Crippen LogP contribution in [0.3, 0.4) is 0 Å². The fraction of sp³-hybridized carbons (Fsp3) is 0.200. The van der Waals surface area contributed by atoms with Crippen LogP contribution in [0.15, 0.2) is 23.2 Å². The summed E-state index contributed by atoms with van der Waals surface area (Å²) in [5.41, 5.74) is 0.920. The lowest BCUT2D eigenvalue weighted by Crippen LogP contribution is -2.15.